The standard InChI is InChI=1S/C42H42N6O5/c1-28-9-7-25-52-33-21-17-31(18-22-33)42(2,3)32-19-23-34(24-20-32)53-26-8-16-39(49)46-36-13-6-15-38(45-36)48-41(51)30-11-4-10-29(27-30)40(50)47-37-14-5-12-35(43-28)44-37/h4-6,10-15,17-24,27H,1,7-9,16,25-26H2,2-3H3,(H2,43,44,47,50)(H2,45,46,48,49,51). The molecule has 0 saturated heterocycles. The van der Waals surface area contributed by atoms with Gasteiger partial charge >= 0.3 is 0 Å². The van der Waals surface area contributed by atoms with Crippen LogP contribution < -0.4 is 30.7 Å². The summed E-state index contributed by atoms with van der Waals surface area (Å²) in [5, 5.41) is 11.5. The Kier molecular flexibility index (Phi) is 11.4. The number of pyridine rings is 2. The molecule has 4 N–H and O–H groups in total. The third kappa shape index (κ3) is 9.85. The van der Waals surface area contributed by atoms with Gasteiger partial charge in [-0.3, -0.25) is 14.4 Å². The number of carbonyl (C=O) groups is 3. The van der Waals surface area contributed by atoms with E-state index in [0.29, 0.717) is 43.5 Å². The minimum absolute atomic E-state index is 0.226. The van der Waals surface area contributed by atoms with Crippen LogP contribution in [-0.2, 0) is 10.2 Å². The van der Waals surface area contributed by atoms with Crippen molar-refractivity contribution in [1.29, 1.82) is 0 Å². The highest BCUT2D eigenvalue weighted by Gasteiger charge is 2.23. The highest BCUT2D eigenvalue weighted by Crippen LogP contribution is 2.33. The summed E-state index contributed by atoms with van der Waals surface area (Å²) < 4.78 is 11.9. The molecule has 5 aromatic rings. The number of hydrogen-bond donors (Lipinski definition) is 4. The van der Waals surface area contributed by atoms with Crippen molar-refractivity contribution >= 4 is 41.0 Å². The fourth-order valence-electron chi connectivity index (χ4n) is 5.78. The lowest BCUT2D eigenvalue weighted by Gasteiger charge is -2.26. The number of anilines is 4. The first kappa shape index (κ1) is 36.3. The van der Waals surface area contributed by atoms with Gasteiger partial charge in [0.15, 0.2) is 0 Å². The lowest BCUT2D eigenvalue weighted by Crippen LogP contribution is -2.18. The summed E-state index contributed by atoms with van der Waals surface area (Å²) in [6, 6.07) is 32.7. The molecule has 3 amide bonds. The summed E-state index contributed by atoms with van der Waals surface area (Å²) in [4.78, 5) is 47.8. The average Bonchev–Trinajstić information content (AvgIpc) is 3.15. The number of carbonyl (C=O) groups excluding carboxylic acids is 3. The maximum atomic E-state index is 13.1. The molecule has 3 aromatic carbocycles. The third-order valence-corrected chi connectivity index (χ3v) is 8.80. The van der Waals surface area contributed by atoms with Crippen LogP contribution in [0, 0.1) is 0 Å². The van der Waals surface area contributed by atoms with Crippen molar-refractivity contribution in [2.24, 2.45) is 0 Å². The van der Waals surface area contributed by atoms with E-state index in [0.717, 1.165) is 34.7 Å². The molecular formula is C42H42N6O5. The first-order valence-electron chi connectivity index (χ1n) is 17.5. The lowest BCUT2D eigenvalue weighted by atomic mass is 9.78. The van der Waals surface area contributed by atoms with Gasteiger partial charge in [0.1, 0.15) is 34.8 Å². The number of fused-ring (bicyclic) bond motifs is 2. The molecule has 8 rings (SSSR count). The fourth-order valence-corrected chi connectivity index (χ4v) is 5.78. The van der Waals surface area contributed by atoms with E-state index in [-0.39, 0.29) is 34.7 Å². The van der Waals surface area contributed by atoms with Crippen LogP contribution in [0.15, 0.2) is 121 Å². The van der Waals surface area contributed by atoms with E-state index in [1.807, 2.05) is 24.3 Å². The number of benzene rings is 3. The zero-order valence-corrected chi connectivity index (χ0v) is 29.8. The monoisotopic (exact) mass is 710 g/mol. The molecule has 53 heavy (non-hydrogen) atoms. The molecule has 0 unspecified atom stereocenters. The Balaban J connectivity index is 1.17. The van der Waals surface area contributed by atoms with Gasteiger partial charge in [0, 0.05) is 28.7 Å². The molecule has 0 atom stereocenters. The number of nitrogens with zero attached hydrogens (tertiary/aromatic N) is 2. The molecule has 0 radical (unpaired) electrons. The van der Waals surface area contributed by atoms with Crippen LogP contribution in [0.5, 0.6) is 11.5 Å². The largest absolute Gasteiger partial charge is 0.494 e. The van der Waals surface area contributed by atoms with Gasteiger partial charge < -0.3 is 30.7 Å². The lowest BCUT2D eigenvalue weighted by molar-refractivity contribution is -0.116. The minimum Gasteiger partial charge on any atom is -0.494 e. The van der Waals surface area contributed by atoms with Crippen LogP contribution in [0.1, 0.15) is 71.4 Å². The molecule has 270 valence electrons. The van der Waals surface area contributed by atoms with Gasteiger partial charge in [0.2, 0.25) is 5.91 Å². The van der Waals surface area contributed by atoms with Crippen molar-refractivity contribution in [2.45, 2.75) is 44.9 Å². The van der Waals surface area contributed by atoms with Crippen molar-refractivity contribution in [3.63, 3.8) is 0 Å². The van der Waals surface area contributed by atoms with Crippen molar-refractivity contribution in [3.8, 4) is 11.5 Å². The van der Waals surface area contributed by atoms with Gasteiger partial charge in [-0.1, -0.05) is 62.9 Å². The molecule has 0 spiro atoms. The van der Waals surface area contributed by atoms with Gasteiger partial charge in [-0.2, -0.15) is 0 Å². The number of rotatable bonds is 0. The number of allylic oxidation sites excluding steroid dienone is 1. The second-order valence-corrected chi connectivity index (χ2v) is 13.2. The Labute approximate surface area is 308 Å². The van der Waals surface area contributed by atoms with Crippen LogP contribution in [0.4, 0.5) is 23.3 Å². The Hall–Kier alpha value is -6.49. The summed E-state index contributed by atoms with van der Waals surface area (Å²) in [6.07, 6.45) is 2.12. The summed E-state index contributed by atoms with van der Waals surface area (Å²) in [5.41, 5.74) is 3.33. The Morgan fingerprint density at radius 3 is 1.51 bits per heavy atom. The molecule has 2 aromatic heterocycles. The Morgan fingerprint density at radius 2 is 1.00 bits per heavy atom. The maximum absolute atomic E-state index is 13.1. The van der Waals surface area contributed by atoms with E-state index in [2.05, 4.69) is 75.9 Å². The smallest absolute Gasteiger partial charge is 0.256 e. The summed E-state index contributed by atoms with van der Waals surface area (Å²) in [6.45, 7) is 9.37. The second kappa shape index (κ2) is 16.7. The van der Waals surface area contributed by atoms with E-state index in [1.165, 1.54) is 6.07 Å². The number of ether oxygens (including phenoxy) is 2. The van der Waals surface area contributed by atoms with E-state index >= 15 is 0 Å². The van der Waals surface area contributed by atoms with Gasteiger partial charge in [0.05, 0.1) is 13.2 Å². The molecule has 10 bridgehead atoms. The topological polar surface area (TPSA) is 144 Å². The number of aromatic nitrogens is 2. The minimum atomic E-state index is -0.465. The Morgan fingerprint density at radius 1 is 0.566 bits per heavy atom. The molecule has 11 heteroatoms. The van der Waals surface area contributed by atoms with Crippen LogP contribution in [0.2, 0.25) is 0 Å². The fraction of sp³-hybridized carbons (Fsp3) is 0.214. The molecule has 0 fully saturated rings. The zero-order valence-electron chi connectivity index (χ0n) is 29.8. The molecule has 0 aliphatic carbocycles. The second-order valence-electron chi connectivity index (χ2n) is 13.2. The quantitative estimate of drug-likeness (QED) is 0.126. The van der Waals surface area contributed by atoms with Crippen molar-refractivity contribution in [3.05, 3.63) is 144 Å². The van der Waals surface area contributed by atoms with Crippen molar-refractivity contribution in [1.82, 2.24) is 9.97 Å². The summed E-state index contributed by atoms with van der Waals surface area (Å²) in [5.74, 6) is 1.81. The third-order valence-electron chi connectivity index (χ3n) is 8.80. The number of nitrogens with one attached hydrogen (secondary N) is 4. The summed E-state index contributed by atoms with van der Waals surface area (Å²) >= 11 is 0. The first-order valence-corrected chi connectivity index (χ1v) is 17.5. The van der Waals surface area contributed by atoms with Gasteiger partial charge in [0.25, 0.3) is 11.8 Å². The van der Waals surface area contributed by atoms with E-state index < -0.39 is 11.8 Å². The number of amides is 3. The van der Waals surface area contributed by atoms with Gasteiger partial charge in [-0.05, 0) is 97.1 Å². The van der Waals surface area contributed by atoms with Crippen LogP contribution in [-0.4, -0.2) is 40.9 Å². The molecule has 3 aliphatic rings. The molecule has 3 aliphatic heterocycles. The highest BCUT2D eigenvalue weighted by atomic mass is 16.5. The van der Waals surface area contributed by atoms with Crippen molar-refractivity contribution < 1.29 is 23.9 Å². The molecular weight excluding hydrogens is 668 g/mol. The highest BCUT2D eigenvalue weighted by molar-refractivity contribution is 6.08. The SMILES string of the molecule is C=C1CCCOc2ccc(cc2)C(C)(C)c2ccc(cc2)OCCCC(=O)Nc2cccc(n2)NC(=O)c2cccc(c2)C(=O)Nc2cccc(n2)N1. The van der Waals surface area contributed by atoms with Crippen LogP contribution in [0.3, 0.4) is 0 Å². The predicted molar refractivity (Wildman–Crippen MR) is 207 cm³/mol. The van der Waals surface area contributed by atoms with Crippen LogP contribution in [0.25, 0.3) is 0 Å². The zero-order chi connectivity index (χ0) is 37.2. The molecule has 0 saturated carbocycles. The van der Waals surface area contributed by atoms with Gasteiger partial charge in [-0.25, -0.2) is 9.97 Å². The van der Waals surface area contributed by atoms with Crippen LogP contribution >= 0.6 is 0 Å². The Bertz CT molecular complexity index is 1950. The normalized spacial score (nSPS) is 15.7. The van der Waals surface area contributed by atoms with E-state index in [4.69, 9.17) is 9.47 Å². The van der Waals surface area contributed by atoms with E-state index in [9.17, 15) is 14.4 Å². The number of hydrogen-bond acceptors (Lipinski definition) is 8. The predicted octanol–water partition coefficient (Wildman–Crippen LogP) is 8.20. The van der Waals surface area contributed by atoms with E-state index in [1.54, 1.807) is 54.6 Å². The van der Waals surface area contributed by atoms with Gasteiger partial charge in [-0.15, -0.1) is 0 Å². The first-order chi connectivity index (χ1) is 25.6. The average molecular weight is 711 g/mol. The van der Waals surface area contributed by atoms with Crippen molar-refractivity contribution in [2.75, 3.05) is 34.5 Å². The molecule has 11 nitrogen and oxygen atoms in total. The molecule has 5 heterocycles. The maximum Gasteiger partial charge on any atom is 0.256 e. The summed E-state index contributed by atoms with van der Waals surface area (Å²) in [7, 11) is 0.